The maximum Gasteiger partial charge on any atom is 0.0696 e. The van der Waals surface area contributed by atoms with Crippen LogP contribution in [0.2, 0.25) is 0 Å². The van der Waals surface area contributed by atoms with E-state index in [-0.39, 0.29) is 6.61 Å². The van der Waals surface area contributed by atoms with Crippen LogP contribution < -0.4 is 0 Å². The lowest BCUT2D eigenvalue weighted by Gasteiger charge is -2.07. The van der Waals surface area contributed by atoms with E-state index in [4.69, 9.17) is 5.11 Å². The molecule has 1 aliphatic rings. The number of aromatic nitrogens is 1. The minimum absolute atomic E-state index is 0.0494. The summed E-state index contributed by atoms with van der Waals surface area (Å²) in [5.74, 6) is 0. The van der Waals surface area contributed by atoms with E-state index >= 15 is 0 Å². The molecular formula is C11H12N2O. The van der Waals surface area contributed by atoms with E-state index < -0.39 is 0 Å². The molecule has 0 atom stereocenters. The summed E-state index contributed by atoms with van der Waals surface area (Å²) in [6.07, 6.45) is 6.56. The van der Waals surface area contributed by atoms with Gasteiger partial charge in [0.15, 0.2) is 0 Å². The van der Waals surface area contributed by atoms with E-state index in [1.807, 2.05) is 18.3 Å². The molecule has 0 aliphatic carbocycles. The van der Waals surface area contributed by atoms with Crippen LogP contribution in [-0.2, 0) is 6.61 Å². The minimum atomic E-state index is 0.0494. The minimum Gasteiger partial charge on any atom is -0.392 e. The molecule has 2 rings (SSSR count). The molecule has 1 aromatic heterocycles. The van der Waals surface area contributed by atoms with Crippen LogP contribution in [0.15, 0.2) is 29.4 Å². The molecule has 1 aromatic rings. The summed E-state index contributed by atoms with van der Waals surface area (Å²) in [5.41, 5.74) is 3.04. The first-order valence-corrected chi connectivity index (χ1v) is 4.63. The fourth-order valence-corrected chi connectivity index (χ4v) is 1.40. The van der Waals surface area contributed by atoms with Gasteiger partial charge in [-0.05, 0) is 17.2 Å². The molecule has 72 valence electrons. The predicted octanol–water partition coefficient (Wildman–Crippen LogP) is 1.43. The van der Waals surface area contributed by atoms with Gasteiger partial charge in [-0.25, -0.2) is 0 Å². The van der Waals surface area contributed by atoms with Crippen LogP contribution in [0.3, 0.4) is 0 Å². The molecule has 2 heterocycles. The first-order valence-electron chi connectivity index (χ1n) is 4.63. The molecule has 0 saturated heterocycles. The molecule has 0 bridgehead atoms. The van der Waals surface area contributed by atoms with Crippen molar-refractivity contribution in [1.82, 2.24) is 4.98 Å². The number of rotatable bonds is 2. The molecule has 0 radical (unpaired) electrons. The number of dihydropyridines is 1. The van der Waals surface area contributed by atoms with E-state index in [9.17, 15) is 0 Å². The lowest BCUT2D eigenvalue weighted by Crippen LogP contribution is -1.97. The molecule has 0 unspecified atom stereocenters. The SMILES string of the molecule is OCc1ccc(C2=CCN=CC2)nc1. The number of hydrogen-bond acceptors (Lipinski definition) is 3. The molecule has 1 aliphatic heterocycles. The zero-order chi connectivity index (χ0) is 9.80. The normalized spacial score (nSPS) is 15.4. The van der Waals surface area contributed by atoms with Crippen LogP contribution in [-0.4, -0.2) is 22.8 Å². The number of hydrogen-bond donors (Lipinski definition) is 1. The third-order valence-electron chi connectivity index (χ3n) is 2.22. The average Bonchev–Trinajstić information content (AvgIpc) is 2.30. The molecule has 0 saturated carbocycles. The Kier molecular flexibility index (Phi) is 2.70. The van der Waals surface area contributed by atoms with Crippen molar-refractivity contribution < 1.29 is 5.11 Å². The lowest BCUT2D eigenvalue weighted by atomic mass is 10.1. The highest BCUT2D eigenvalue weighted by Gasteiger charge is 2.03. The maximum absolute atomic E-state index is 8.86. The zero-order valence-electron chi connectivity index (χ0n) is 7.85. The van der Waals surface area contributed by atoms with Crippen LogP contribution >= 0.6 is 0 Å². The molecule has 3 heteroatoms. The summed E-state index contributed by atoms with van der Waals surface area (Å²) in [7, 11) is 0. The number of aliphatic imine (C=N–C) groups is 1. The third-order valence-corrected chi connectivity index (χ3v) is 2.22. The van der Waals surface area contributed by atoms with Crippen molar-refractivity contribution in [2.45, 2.75) is 13.0 Å². The van der Waals surface area contributed by atoms with Gasteiger partial charge in [-0.2, -0.15) is 0 Å². The van der Waals surface area contributed by atoms with Crippen molar-refractivity contribution in [1.29, 1.82) is 0 Å². The summed E-state index contributed by atoms with van der Waals surface area (Å²) in [5, 5.41) is 8.86. The van der Waals surface area contributed by atoms with Crippen molar-refractivity contribution in [2.24, 2.45) is 4.99 Å². The number of aliphatic hydroxyl groups is 1. The second kappa shape index (κ2) is 4.15. The quantitative estimate of drug-likeness (QED) is 0.763. The van der Waals surface area contributed by atoms with Crippen LogP contribution in [0.4, 0.5) is 0 Å². The number of aliphatic hydroxyl groups excluding tert-OH is 1. The zero-order valence-corrected chi connectivity index (χ0v) is 7.85. The molecule has 0 spiro atoms. The second-order valence-electron chi connectivity index (χ2n) is 3.19. The van der Waals surface area contributed by atoms with Crippen LogP contribution in [0.5, 0.6) is 0 Å². The number of pyridine rings is 1. The summed E-state index contributed by atoms with van der Waals surface area (Å²) < 4.78 is 0. The molecule has 1 N–H and O–H groups in total. The number of nitrogens with zero attached hydrogens (tertiary/aromatic N) is 2. The van der Waals surface area contributed by atoms with Crippen molar-refractivity contribution in [3.05, 3.63) is 35.7 Å². The Morgan fingerprint density at radius 1 is 1.36 bits per heavy atom. The lowest BCUT2D eigenvalue weighted by molar-refractivity contribution is 0.281. The first-order chi connectivity index (χ1) is 6.90. The van der Waals surface area contributed by atoms with Crippen LogP contribution in [0.1, 0.15) is 17.7 Å². The van der Waals surface area contributed by atoms with E-state index in [1.54, 1.807) is 6.20 Å². The molecular weight excluding hydrogens is 176 g/mol. The standard InChI is InChI=1S/C11H12N2O/c14-8-9-1-2-11(13-7-9)10-3-5-12-6-4-10/h1-3,6-7,14H,4-5,8H2. The summed E-state index contributed by atoms with van der Waals surface area (Å²) >= 11 is 0. The topological polar surface area (TPSA) is 45.5 Å². The summed E-state index contributed by atoms with van der Waals surface area (Å²) in [6.45, 7) is 0.798. The highest BCUT2D eigenvalue weighted by Crippen LogP contribution is 2.17. The van der Waals surface area contributed by atoms with Gasteiger partial charge in [-0.3, -0.25) is 9.98 Å². The number of allylic oxidation sites excluding steroid dienone is 1. The first kappa shape index (κ1) is 9.09. The van der Waals surface area contributed by atoms with Crippen molar-refractivity contribution >= 4 is 11.8 Å². The van der Waals surface area contributed by atoms with Crippen molar-refractivity contribution in [2.75, 3.05) is 6.54 Å². The third kappa shape index (κ3) is 1.88. The van der Waals surface area contributed by atoms with E-state index in [0.29, 0.717) is 0 Å². The van der Waals surface area contributed by atoms with Crippen LogP contribution in [0, 0.1) is 0 Å². The van der Waals surface area contributed by atoms with Crippen molar-refractivity contribution in [3.63, 3.8) is 0 Å². The largest absolute Gasteiger partial charge is 0.392 e. The van der Waals surface area contributed by atoms with Crippen LogP contribution in [0.25, 0.3) is 5.57 Å². The Bertz CT molecular complexity index is 365. The Labute approximate surface area is 82.8 Å². The fraction of sp³-hybridized carbons (Fsp3) is 0.273. The highest BCUT2D eigenvalue weighted by molar-refractivity contribution is 5.80. The Morgan fingerprint density at radius 3 is 2.86 bits per heavy atom. The van der Waals surface area contributed by atoms with Crippen molar-refractivity contribution in [3.8, 4) is 0 Å². The second-order valence-corrected chi connectivity index (χ2v) is 3.19. The van der Waals surface area contributed by atoms with Gasteiger partial charge in [0.05, 0.1) is 18.8 Å². The van der Waals surface area contributed by atoms with Gasteiger partial charge in [-0.15, -0.1) is 0 Å². The summed E-state index contributed by atoms with van der Waals surface area (Å²) in [6, 6.07) is 3.84. The Morgan fingerprint density at radius 2 is 2.29 bits per heavy atom. The van der Waals surface area contributed by atoms with E-state index in [1.165, 1.54) is 5.57 Å². The van der Waals surface area contributed by atoms with Gasteiger partial charge in [-0.1, -0.05) is 12.1 Å². The Hall–Kier alpha value is -1.48. The molecule has 0 fully saturated rings. The fourth-order valence-electron chi connectivity index (χ4n) is 1.40. The summed E-state index contributed by atoms with van der Waals surface area (Å²) in [4.78, 5) is 8.40. The smallest absolute Gasteiger partial charge is 0.0696 e. The van der Waals surface area contributed by atoms with Gasteiger partial charge < -0.3 is 5.11 Å². The van der Waals surface area contributed by atoms with E-state index in [2.05, 4.69) is 16.1 Å². The van der Waals surface area contributed by atoms with Gasteiger partial charge in [0.2, 0.25) is 0 Å². The molecule has 3 nitrogen and oxygen atoms in total. The van der Waals surface area contributed by atoms with Gasteiger partial charge in [0, 0.05) is 18.8 Å². The maximum atomic E-state index is 8.86. The Balaban J connectivity index is 2.20. The molecule has 14 heavy (non-hydrogen) atoms. The van der Waals surface area contributed by atoms with Gasteiger partial charge in [0.1, 0.15) is 0 Å². The van der Waals surface area contributed by atoms with Gasteiger partial charge in [0.25, 0.3) is 0 Å². The molecule has 0 aromatic carbocycles. The highest BCUT2D eigenvalue weighted by atomic mass is 16.3. The average molecular weight is 188 g/mol. The van der Waals surface area contributed by atoms with E-state index in [0.717, 1.165) is 24.2 Å². The van der Waals surface area contributed by atoms with Gasteiger partial charge >= 0.3 is 0 Å². The molecule has 0 amide bonds. The monoisotopic (exact) mass is 188 g/mol. The predicted molar refractivity (Wildman–Crippen MR) is 56.1 cm³/mol.